The maximum absolute atomic E-state index is 12.3. The van der Waals surface area contributed by atoms with Crippen molar-refractivity contribution in [2.24, 2.45) is 0 Å². The number of carbonyl (C=O) groups is 1. The second kappa shape index (κ2) is 6.41. The van der Waals surface area contributed by atoms with Crippen molar-refractivity contribution in [3.8, 4) is 0 Å². The number of carbonyl (C=O) groups excluding carboxylic acids is 1. The Balaban J connectivity index is 3.23. The number of rotatable bonds is 5. The number of amides is 1. The molecule has 0 aromatic heterocycles. The van der Waals surface area contributed by atoms with Crippen molar-refractivity contribution in [3.63, 3.8) is 0 Å². The van der Waals surface area contributed by atoms with Crippen molar-refractivity contribution in [2.45, 2.75) is 16.7 Å². The van der Waals surface area contributed by atoms with Gasteiger partial charge in [0, 0.05) is 0 Å². The first kappa shape index (κ1) is 16.0. The van der Waals surface area contributed by atoms with E-state index in [2.05, 4.69) is 6.58 Å². The minimum absolute atomic E-state index is 0.00211. The fourth-order valence-corrected chi connectivity index (χ4v) is 3.10. The van der Waals surface area contributed by atoms with E-state index >= 15 is 0 Å². The van der Waals surface area contributed by atoms with E-state index in [0.717, 1.165) is 5.56 Å². The summed E-state index contributed by atoms with van der Waals surface area (Å²) in [7, 11) is -3.98. The lowest BCUT2D eigenvalue weighted by Gasteiger charge is -2.21. The van der Waals surface area contributed by atoms with E-state index in [1.54, 1.807) is 12.1 Å². The Labute approximate surface area is 122 Å². The minimum Gasteiger partial charge on any atom is -0.271 e. The van der Waals surface area contributed by atoms with Gasteiger partial charge in [-0.2, -0.15) is 0 Å². The second-order valence-corrected chi connectivity index (χ2v) is 6.74. The van der Waals surface area contributed by atoms with Crippen LogP contribution in [0.2, 0.25) is 0 Å². The molecule has 0 fully saturated rings. The summed E-state index contributed by atoms with van der Waals surface area (Å²) in [5, 5.41) is 0. The van der Waals surface area contributed by atoms with E-state index in [0.29, 0.717) is 4.31 Å². The normalized spacial score (nSPS) is 11.4. The summed E-state index contributed by atoms with van der Waals surface area (Å²) in [4.78, 5) is 10.3. The molecule has 0 saturated heterocycles. The summed E-state index contributed by atoms with van der Waals surface area (Å²) in [5.74, 6) is -0.899. The molecule has 1 aromatic rings. The largest absolute Gasteiger partial charge is 0.271 e. The third-order valence-corrected chi connectivity index (χ3v) is 4.49. The summed E-state index contributed by atoms with van der Waals surface area (Å²) >= 11 is 10.9. The lowest BCUT2D eigenvalue weighted by atomic mass is 10.2. The highest BCUT2D eigenvalue weighted by atomic mass is 35.5. The molecule has 0 bridgehead atoms. The SMILES string of the molecule is C=CCN(C(=O)C(Cl)Cl)S(=O)(=O)c1ccc(C)cc1. The number of nitrogens with zero attached hydrogens (tertiary/aromatic N) is 1. The summed E-state index contributed by atoms with van der Waals surface area (Å²) in [5.41, 5.74) is 0.910. The van der Waals surface area contributed by atoms with Gasteiger partial charge < -0.3 is 0 Å². The molecular formula is C12H13Cl2NO3S. The summed E-state index contributed by atoms with van der Waals surface area (Å²) in [6, 6.07) is 6.13. The Morgan fingerprint density at radius 1 is 1.37 bits per heavy atom. The molecule has 0 unspecified atom stereocenters. The smallest absolute Gasteiger partial charge is 0.269 e. The fourth-order valence-electron chi connectivity index (χ4n) is 1.37. The molecule has 104 valence electrons. The van der Waals surface area contributed by atoms with E-state index in [1.807, 2.05) is 6.92 Å². The van der Waals surface area contributed by atoms with Crippen LogP contribution in [0.4, 0.5) is 0 Å². The zero-order chi connectivity index (χ0) is 14.6. The molecule has 1 amide bonds. The molecule has 0 aliphatic rings. The van der Waals surface area contributed by atoms with Crippen LogP contribution in [0.3, 0.4) is 0 Å². The van der Waals surface area contributed by atoms with Crippen LogP contribution in [0.25, 0.3) is 0 Å². The third kappa shape index (κ3) is 3.72. The summed E-state index contributed by atoms with van der Waals surface area (Å²) < 4.78 is 25.2. The average Bonchev–Trinajstić information content (AvgIpc) is 2.35. The lowest BCUT2D eigenvalue weighted by Crippen LogP contribution is -2.40. The van der Waals surface area contributed by atoms with Crippen LogP contribution in [0.1, 0.15) is 5.56 Å². The first-order valence-corrected chi connectivity index (χ1v) is 7.64. The molecule has 0 spiro atoms. The van der Waals surface area contributed by atoms with Crippen molar-refractivity contribution in [2.75, 3.05) is 6.54 Å². The number of sulfonamides is 1. The zero-order valence-corrected chi connectivity index (χ0v) is 12.5. The van der Waals surface area contributed by atoms with E-state index in [9.17, 15) is 13.2 Å². The lowest BCUT2D eigenvalue weighted by molar-refractivity contribution is -0.124. The molecule has 1 rings (SSSR count). The molecule has 7 heteroatoms. The van der Waals surface area contributed by atoms with Gasteiger partial charge in [0.2, 0.25) is 0 Å². The standard InChI is InChI=1S/C12H13Cl2NO3S/c1-3-8-15(12(16)11(13)14)19(17,18)10-6-4-9(2)5-7-10/h3-7,11H,1,8H2,2H3. The predicted molar refractivity (Wildman–Crippen MR) is 75.8 cm³/mol. The molecule has 0 saturated carbocycles. The van der Waals surface area contributed by atoms with Gasteiger partial charge in [-0.1, -0.05) is 47.0 Å². The third-order valence-electron chi connectivity index (χ3n) is 2.34. The molecule has 0 aliphatic heterocycles. The Morgan fingerprint density at radius 3 is 2.32 bits per heavy atom. The Bertz CT molecular complexity index is 567. The van der Waals surface area contributed by atoms with E-state index in [4.69, 9.17) is 23.2 Å². The number of aryl methyl sites for hydroxylation is 1. The van der Waals surface area contributed by atoms with Crippen LogP contribution in [-0.4, -0.2) is 30.0 Å². The van der Waals surface area contributed by atoms with Gasteiger partial charge in [0.15, 0.2) is 4.84 Å². The van der Waals surface area contributed by atoms with Crippen molar-refractivity contribution in [3.05, 3.63) is 42.5 Å². The fraction of sp³-hybridized carbons (Fsp3) is 0.250. The molecular weight excluding hydrogens is 309 g/mol. The van der Waals surface area contributed by atoms with Crippen LogP contribution in [0.5, 0.6) is 0 Å². The van der Waals surface area contributed by atoms with Gasteiger partial charge in [0.05, 0.1) is 11.4 Å². The second-order valence-electron chi connectivity index (χ2n) is 3.78. The minimum atomic E-state index is -3.98. The Hall–Kier alpha value is -1.04. The molecule has 0 atom stereocenters. The molecule has 1 aromatic carbocycles. The van der Waals surface area contributed by atoms with Crippen molar-refractivity contribution >= 4 is 39.1 Å². The maximum atomic E-state index is 12.3. The summed E-state index contributed by atoms with van der Waals surface area (Å²) in [6.07, 6.45) is 1.29. The Kier molecular flexibility index (Phi) is 5.40. The molecule has 0 N–H and O–H groups in total. The van der Waals surface area contributed by atoms with Crippen molar-refractivity contribution in [1.82, 2.24) is 4.31 Å². The van der Waals surface area contributed by atoms with Gasteiger partial charge in [0.25, 0.3) is 15.9 Å². The van der Waals surface area contributed by atoms with Gasteiger partial charge in [-0.15, -0.1) is 6.58 Å². The number of hydrogen-bond acceptors (Lipinski definition) is 3. The topological polar surface area (TPSA) is 54.5 Å². The Morgan fingerprint density at radius 2 is 1.89 bits per heavy atom. The highest BCUT2D eigenvalue weighted by molar-refractivity contribution is 7.89. The van der Waals surface area contributed by atoms with Crippen LogP contribution in [0.15, 0.2) is 41.8 Å². The molecule has 0 radical (unpaired) electrons. The van der Waals surface area contributed by atoms with Gasteiger partial charge in [0.1, 0.15) is 0 Å². The number of hydrogen-bond donors (Lipinski definition) is 0. The van der Waals surface area contributed by atoms with Crippen LogP contribution < -0.4 is 0 Å². The van der Waals surface area contributed by atoms with Crippen LogP contribution in [0, 0.1) is 6.92 Å². The number of alkyl halides is 2. The maximum Gasteiger partial charge on any atom is 0.269 e. The number of halogens is 2. The summed E-state index contributed by atoms with van der Waals surface area (Å²) in [6.45, 7) is 5.06. The van der Waals surface area contributed by atoms with Gasteiger partial charge in [-0.3, -0.25) is 4.79 Å². The highest BCUT2D eigenvalue weighted by Gasteiger charge is 2.31. The zero-order valence-electron chi connectivity index (χ0n) is 10.2. The molecule has 19 heavy (non-hydrogen) atoms. The monoisotopic (exact) mass is 321 g/mol. The van der Waals surface area contributed by atoms with Crippen molar-refractivity contribution < 1.29 is 13.2 Å². The predicted octanol–water partition coefficient (Wildman–Crippen LogP) is 2.50. The van der Waals surface area contributed by atoms with E-state index < -0.39 is 20.8 Å². The van der Waals surface area contributed by atoms with E-state index in [1.165, 1.54) is 18.2 Å². The first-order valence-electron chi connectivity index (χ1n) is 5.33. The van der Waals surface area contributed by atoms with E-state index in [-0.39, 0.29) is 11.4 Å². The van der Waals surface area contributed by atoms with Crippen molar-refractivity contribution in [1.29, 1.82) is 0 Å². The molecule has 0 aliphatic carbocycles. The van der Waals surface area contributed by atoms with Gasteiger partial charge in [-0.25, -0.2) is 12.7 Å². The highest BCUT2D eigenvalue weighted by Crippen LogP contribution is 2.19. The van der Waals surface area contributed by atoms with Gasteiger partial charge in [-0.05, 0) is 19.1 Å². The van der Waals surface area contributed by atoms with Crippen LogP contribution >= 0.6 is 23.2 Å². The van der Waals surface area contributed by atoms with Crippen LogP contribution in [-0.2, 0) is 14.8 Å². The molecule has 0 heterocycles. The number of benzene rings is 1. The van der Waals surface area contributed by atoms with Gasteiger partial charge >= 0.3 is 0 Å². The first-order chi connectivity index (χ1) is 8.80. The molecule has 4 nitrogen and oxygen atoms in total. The average molecular weight is 322 g/mol. The quantitative estimate of drug-likeness (QED) is 0.618.